The largest absolute Gasteiger partial charge is 0.198 e. The summed E-state index contributed by atoms with van der Waals surface area (Å²) < 4.78 is 2.37. The molecular formula is C19H26N+. The number of unbranched alkanes of at least 4 members (excludes halogenated alkanes) is 2. The van der Waals surface area contributed by atoms with Crippen LogP contribution in [0.25, 0.3) is 0 Å². The molecule has 0 bridgehead atoms. The minimum Gasteiger partial charge on any atom is -0.198 e. The van der Waals surface area contributed by atoms with Crippen LogP contribution in [-0.2, 0) is 6.42 Å². The van der Waals surface area contributed by atoms with Crippen molar-refractivity contribution in [1.29, 1.82) is 0 Å². The van der Waals surface area contributed by atoms with Gasteiger partial charge in [0.15, 0.2) is 18.4 Å². The summed E-state index contributed by atoms with van der Waals surface area (Å²) in [5, 5.41) is 0. The van der Waals surface area contributed by atoms with E-state index in [1.54, 1.807) is 0 Å². The summed E-state index contributed by atoms with van der Waals surface area (Å²) in [6.07, 6.45) is 10.7. The molecule has 106 valence electrons. The molecule has 0 aliphatic heterocycles. The standard InChI is InChI=1S/C19H26N/c1-3-5-7-11-17-12-10-15-20(16-17)19(4-2)18-13-8-6-9-14-18/h6,8-10,12-16,19H,3-5,7,11H2,1-2H3/q+1. The maximum atomic E-state index is 2.37. The van der Waals surface area contributed by atoms with Gasteiger partial charge in [-0.1, -0.05) is 57.0 Å². The fraction of sp³-hybridized carbons (Fsp3) is 0.421. The molecule has 0 saturated heterocycles. The van der Waals surface area contributed by atoms with Crippen molar-refractivity contribution in [2.75, 3.05) is 0 Å². The molecule has 0 saturated carbocycles. The monoisotopic (exact) mass is 268 g/mol. The minimum atomic E-state index is 0.447. The second-order valence-electron chi connectivity index (χ2n) is 5.45. The van der Waals surface area contributed by atoms with Gasteiger partial charge in [-0.3, -0.25) is 0 Å². The predicted molar refractivity (Wildman–Crippen MR) is 84.7 cm³/mol. The highest BCUT2D eigenvalue weighted by Crippen LogP contribution is 2.16. The van der Waals surface area contributed by atoms with Crippen LogP contribution in [0.5, 0.6) is 0 Å². The van der Waals surface area contributed by atoms with Gasteiger partial charge in [-0.2, -0.15) is 4.57 Å². The maximum Gasteiger partial charge on any atom is 0.183 e. The van der Waals surface area contributed by atoms with E-state index >= 15 is 0 Å². The first-order valence-corrected chi connectivity index (χ1v) is 7.89. The highest BCUT2D eigenvalue weighted by molar-refractivity contribution is 5.17. The highest BCUT2D eigenvalue weighted by Gasteiger charge is 2.18. The number of aryl methyl sites for hydroxylation is 1. The Morgan fingerprint density at radius 2 is 1.75 bits per heavy atom. The SMILES string of the molecule is CCCCCc1ccc[n+](C(CC)c2ccccc2)c1. The lowest BCUT2D eigenvalue weighted by molar-refractivity contribution is -0.714. The number of pyridine rings is 1. The van der Waals surface area contributed by atoms with E-state index in [2.05, 4.69) is 73.3 Å². The summed E-state index contributed by atoms with van der Waals surface area (Å²) in [6, 6.07) is 15.7. The smallest absolute Gasteiger partial charge is 0.183 e. The Labute approximate surface area is 123 Å². The maximum absolute atomic E-state index is 2.37. The van der Waals surface area contributed by atoms with Crippen LogP contribution in [0.1, 0.15) is 56.7 Å². The van der Waals surface area contributed by atoms with Crippen LogP contribution < -0.4 is 4.57 Å². The quantitative estimate of drug-likeness (QED) is 0.506. The van der Waals surface area contributed by atoms with Gasteiger partial charge in [0, 0.05) is 23.6 Å². The number of benzene rings is 1. The van der Waals surface area contributed by atoms with Crippen molar-refractivity contribution in [3.05, 3.63) is 66.0 Å². The number of aromatic nitrogens is 1. The van der Waals surface area contributed by atoms with Crippen LogP contribution in [-0.4, -0.2) is 0 Å². The highest BCUT2D eigenvalue weighted by atomic mass is 15.0. The molecule has 0 aliphatic carbocycles. The van der Waals surface area contributed by atoms with E-state index in [0.29, 0.717) is 6.04 Å². The first-order valence-electron chi connectivity index (χ1n) is 7.89. The summed E-state index contributed by atoms with van der Waals surface area (Å²) in [7, 11) is 0. The molecular weight excluding hydrogens is 242 g/mol. The normalized spacial score (nSPS) is 12.3. The molecule has 0 radical (unpaired) electrons. The zero-order chi connectivity index (χ0) is 14.2. The van der Waals surface area contributed by atoms with Crippen molar-refractivity contribution >= 4 is 0 Å². The molecule has 0 aliphatic rings. The number of hydrogen-bond donors (Lipinski definition) is 0. The lowest BCUT2D eigenvalue weighted by atomic mass is 10.0. The van der Waals surface area contributed by atoms with E-state index in [-0.39, 0.29) is 0 Å². The van der Waals surface area contributed by atoms with E-state index < -0.39 is 0 Å². The summed E-state index contributed by atoms with van der Waals surface area (Å²) in [5.41, 5.74) is 2.85. The molecule has 20 heavy (non-hydrogen) atoms. The molecule has 1 heterocycles. The second kappa shape index (κ2) is 7.84. The van der Waals surface area contributed by atoms with Gasteiger partial charge in [0.2, 0.25) is 0 Å². The predicted octanol–water partition coefficient (Wildman–Crippen LogP) is 4.71. The third-order valence-corrected chi connectivity index (χ3v) is 3.88. The van der Waals surface area contributed by atoms with Crippen molar-refractivity contribution in [2.24, 2.45) is 0 Å². The number of rotatable bonds is 7. The number of hydrogen-bond acceptors (Lipinski definition) is 0. The molecule has 2 aromatic rings. The molecule has 0 N–H and O–H groups in total. The Kier molecular flexibility index (Phi) is 5.79. The van der Waals surface area contributed by atoms with Gasteiger partial charge < -0.3 is 0 Å². The average Bonchev–Trinajstić information content (AvgIpc) is 2.50. The Balaban J connectivity index is 2.16. The fourth-order valence-corrected chi connectivity index (χ4v) is 2.76. The molecule has 0 fully saturated rings. The van der Waals surface area contributed by atoms with Crippen LogP contribution in [0, 0.1) is 0 Å². The van der Waals surface area contributed by atoms with E-state index in [4.69, 9.17) is 0 Å². The third-order valence-electron chi connectivity index (χ3n) is 3.88. The van der Waals surface area contributed by atoms with Crippen LogP contribution in [0.4, 0.5) is 0 Å². The van der Waals surface area contributed by atoms with Gasteiger partial charge in [-0.15, -0.1) is 0 Å². The van der Waals surface area contributed by atoms with Gasteiger partial charge in [0.25, 0.3) is 0 Å². The van der Waals surface area contributed by atoms with Crippen LogP contribution in [0.3, 0.4) is 0 Å². The molecule has 0 spiro atoms. The van der Waals surface area contributed by atoms with Crippen molar-refractivity contribution in [3.8, 4) is 0 Å². The van der Waals surface area contributed by atoms with Gasteiger partial charge in [-0.05, 0) is 18.9 Å². The second-order valence-corrected chi connectivity index (χ2v) is 5.45. The lowest BCUT2D eigenvalue weighted by Gasteiger charge is -2.11. The fourth-order valence-electron chi connectivity index (χ4n) is 2.76. The zero-order valence-corrected chi connectivity index (χ0v) is 12.8. The molecule has 1 nitrogen and oxygen atoms in total. The summed E-state index contributed by atoms with van der Waals surface area (Å²) >= 11 is 0. The van der Waals surface area contributed by atoms with E-state index in [1.807, 2.05) is 0 Å². The average molecular weight is 268 g/mol. The molecule has 2 rings (SSSR count). The molecule has 1 unspecified atom stereocenters. The molecule has 0 amide bonds. The zero-order valence-electron chi connectivity index (χ0n) is 12.8. The van der Waals surface area contributed by atoms with E-state index in [1.165, 1.54) is 36.8 Å². The minimum absolute atomic E-state index is 0.447. The molecule has 1 aromatic carbocycles. The molecule has 1 aromatic heterocycles. The summed E-state index contributed by atoms with van der Waals surface area (Å²) in [4.78, 5) is 0. The Bertz CT molecular complexity index is 504. The van der Waals surface area contributed by atoms with Crippen molar-refractivity contribution in [3.63, 3.8) is 0 Å². The topological polar surface area (TPSA) is 3.88 Å². The van der Waals surface area contributed by atoms with Crippen molar-refractivity contribution in [2.45, 2.75) is 52.0 Å². The summed E-state index contributed by atoms with van der Waals surface area (Å²) in [5.74, 6) is 0. The Morgan fingerprint density at radius 1 is 0.950 bits per heavy atom. The van der Waals surface area contributed by atoms with Crippen LogP contribution in [0.2, 0.25) is 0 Å². The Morgan fingerprint density at radius 3 is 2.45 bits per heavy atom. The van der Waals surface area contributed by atoms with Crippen molar-refractivity contribution < 1.29 is 4.57 Å². The van der Waals surface area contributed by atoms with E-state index in [9.17, 15) is 0 Å². The van der Waals surface area contributed by atoms with Gasteiger partial charge >= 0.3 is 0 Å². The molecule has 1 heteroatoms. The van der Waals surface area contributed by atoms with E-state index in [0.717, 1.165) is 6.42 Å². The van der Waals surface area contributed by atoms with Gasteiger partial charge in [-0.25, -0.2) is 0 Å². The third kappa shape index (κ3) is 3.93. The van der Waals surface area contributed by atoms with Crippen LogP contribution in [0.15, 0.2) is 54.9 Å². The molecule has 1 atom stereocenters. The van der Waals surface area contributed by atoms with Gasteiger partial charge in [0.05, 0.1) is 0 Å². The van der Waals surface area contributed by atoms with Gasteiger partial charge in [0.1, 0.15) is 0 Å². The Hall–Kier alpha value is -1.63. The first kappa shape index (κ1) is 14.8. The van der Waals surface area contributed by atoms with Crippen molar-refractivity contribution in [1.82, 2.24) is 0 Å². The first-order chi connectivity index (χ1) is 9.85. The lowest BCUT2D eigenvalue weighted by Crippen LogP contribution is -2.39. The van der Waals surface area contributed by atoms with Crippen LogP contribution >= 0.6 is 0 Å². The number of nitrogens with zero attached hydrogens (tertiary/aromatic N) is 1. The summed E-state index contributed by atoms with van der Waals surface area (Å²) in [6.45, 7) is 4.52.